The van der Waals surface area contributed by atoms with E-state index >= 15 is 0 Å². The van der Waals surface area contributed by atoms with Crippen molar-refractivity contribution >= 4 is 23.6 Å². The Bertz CT molecular complexity index is 212. The third-order valence-corrected chi connectivity index (χ3v) is 2.50. The molecule has 4 N–H and O–H groups in total. The standard InChI is InChI=1S/C9H18N2O3S/c1-15-6-4-7(9(13)14)11-8(12)3-2-5-10/h7H,2-6,10H2,1H3,(H,11,12)(H,13,14)/t7-/m0/s1. The van der Waals surface area contributed by atoms with Gasteiger partial charge < -0.3 is 16.2 Å². The number of aliphatic carboxylic acids is 1. The Labute approximate surface area is 93.8 Å². The molecule has 0 saturated heterocycles. The van der Waals surface area contributed by atoms with Crippen molar-refractivity contribution in [2.45, 2.75) is 25.3 Å². The van der Waals surface area contributed by atoms with E-state index in [4.69, 9.17) is 10.8 Å². The normalized spacial score (nSPS) is 12.1. The molecule has 15 heavy (non-hydrogen) atoms. The molecule has 0 rings (SSSR count). The molecule has 0 aliphatic carbocycles. The average molecular weight is 234 g/mol. The second kappa shape index (κ2) is 8.55. The van der Waals surface area contributed by atoms with Gasteiger partial charge in [0.2, 0.25) is 5.91 Å². The summed E-state index contributed by atoms with van der Waals surface area (Å²) >= 11 is 1.56. The smallest absolute Gasteiger partial charge is 0.326 e. The summed E-state index contributed by atoms with van der Waals surface area (Å²) in [6.07, 6.45) is 3.22. The minimum atomic E-state index is -0.981. The van der Waals surface area contributed by atoms with Gasteiger partial charge in [0.1, 0.15) is 6.04 Å². The lowest BCUT2D eigenvalue weighted by Gasteiger charge is -2.13. The number of rotatable bonds is 8. The number of hydrogen-bond donors (Lipinski definition) is 3. The van der Waals surface area contributed by atoms with Gasteiger partial charge in [0.25, 0.3) is 0 Å². The zero-order chi connectivity index (χ0) is 11.7. The first-order valence-corrected chi connectivity index (χ1v) is 6.22. The second-order valence-corrected chi connectivity index (χ2v) is 4.12. The van der Waals surface area contributed by atoms with E-state index in [9.17, 15) is 9.59 Å². The summed E-state index contributed by atoms with van der Waals surface area (Å²) in [5.41, 5.74) is 5.25. The fourth-order valence-corrected chi connectivity index (χ4v) is 1.49. The largest absolute Gasteiger partial charge is 0.480 e. The van der Waals surface area contributed by atoms with E-state index in [2.05, 4.69) is 5.32 Å². The predicted octanol–water partition coefficient (Wildman–Crippen LogP) is 0.0478. The summed E-state index contributed by atoms with van der Waals surface area (Å²) < 4.78 is 0. The first kappa shape index (κ1) is 14.2. The molecule has 0 heterocycles. The highest BCUT2D eigenvalue weighted by molar-refractivity contribution is 7.98. The van der Waals surface area contributed by atoms with Crippen LogP contribution in [-0.2, 0) is 9.59 Å². The van der Waals surface area contributed by atoms with Gasteiger partial charge in [-0.05, 0) is 31.4 Å². The van der Waals surface area contributed by atoms with Gasteiger partial charge in [-0.15, -0.1) is 0 Å². The van der Waals surface area contributed by atoms with Gasteiger partial charge in [-0.2, -0.15) is 11.8 Å². The molecular weight excluding hydrogens is 216 g/mol. The number of thioether (sulfide) groups is 1. The zero-order valence-electron chi connectivity index (χ0n) is 8.86. The van der Waals surface area contributed by atoms with Crippen molar-refractivity contribution < 1.29 is 14.7 Å². The molecule has 0 spiro atoms. The number of nitrogens with two attached hydrogens (primary N) is 1. The molecule has 0 unspecified atom stereocenters. The first-order chi connectivity index (χ1) is 7.11. The number of hydrogen-bond acceptors (Lipinski definition) is 4. The number of nitrogens with one attached hydrogen (secondary N) is 1. The Hall–Kier alpha value is -0.750. The zero-order valence-corrected chi connectivity index (χ0v) is 9.68. The van der Waals surface area contributed by atoms with Gasteiger partial charge >= 0.3 is 5.97 Å². The lowest BCUT2D eigenvalue weighted by Crippen LogP contribution is -2.41. The molecule has 0 radical (unpaired) electrons. The van der Waals surface area contributed by atoms with E-state index in [1.54, 1.807) is 11.8 Å². The van der Waals surface area contributed by atoms with Gasteiger partial charge in [-0.3, -0.25) is 4.79 Å². The molecule has 0 aliphatic rings. The average Bonchev–Trinajstić information content (AvgIpc) is 2.20. The topological polar surface area (TPSA) is 92.4 Å². The van der Waals surface area contributed by atoms with Gasteiger partial charge in [-0.25, -0.2) is 4.79 Å². The molecule has 88 valence electrons. The second-order valence-electron chi connectivity index (χ2n) is 3.13. The van der Waals surface area contributed by atoms with Crippen molar-refractivity contribution in [3.05, 3.63) is 0 Å². The fourth-order valence-electron chi connectivity index (χ4n) is 1.02. The summed E-state index contributed by atoms with van der Waals surface area (Å²) in [6.45, 7) is 0.440. The van der Waals surface area contributed by atoms with Crippen molar-refractivity contribution in [3.63, 3.8) is 0 Å². The number of carbonyl (C=O) groups excluding carboxylic acids is 1. The van der Waals surface area contributed by atoms with Crippen molar-refractivity contribution in [2.75, 3.05) is 18.6 Å². The van der Waals surface area contributed by atoms with Crippen LogP contribution < -0.4 is 11.1 Å². The number of amides is 1. The van der Waals surface area contributed by atoms with Crippen molar-refractivity contribution in [2.24, 2.45) is 5.73 Å². The summed E-state index contributed by atoms with van der Waals surface area (Å²) in [7, 11) is 0. The maximum absolute atomic E-state index is 11.2. The fraction of sp³-hybridized carbons (Fsp3) is 0.778. The number of carboxylic acids is 1. The van der Waals surface area contributed by atoms with Gasteiger partial charge in [0, 0.05) is 6.42 Å². The Morgan fingerprint density at radius 1 is 1.53 bits per heavy atom. The van der Waals surface area contributed by atoms with Crippen molar-refractivity contribution in [1.82, 2.24) is 5.32 Å². The molecule has 0 aromatic carbocycles. The molecule has 1 amide bonds. The van der Waals surface area contributed by atoms with E-state index in [-0.39, 0.29) is 5.91 Å². The van der Waals surface area contributed by atoms with Crippen LogP contribution in [0.4, 0.5) is 0 Å². The highest BCUT2D eigenvalue weighted by atomic mass is 32.2. The predicted molar refractivity (Wildman–Crippen MR) is 60.9 cm³/mol. The van der Waals surface area contributed by atoms with Crippen molar-refractivity contribution in [1.29, 1.82) is 0 Å². The monoisotopic (exact) mass is 234 g/mol. The minimum Gasteiger partial charge on any atom is -0.480 e. The lowest BCUT2D eigenvalue weighted by molar-refractivity contribution is -0.141. The molecule has 0 bridgehead atoms. The van der Waals surface area contributed by atoms with Gasteiger partial charge in [-0.1, -0.05) is 0 Å². The van der Waals surface area contributed by atoms with Crippen LogP contribution in [-0.4, -0.2) is 41.6 Å². The van der Waals surface area contributed by atoms with Crippen LogP contribution in [0.5, 0.6) is 0 Å². The van der Waals surface area contributed by atoms with Crippen LogP contribution in [0.2, 0.25) is 0 Å². The molecular formula is C9H18N2O3S. The molecule has 5 nitrogen and oxygen atoms in total. The van der Waals surface area contributed by atoms with Gasteiger partial charge in [0.05, 0.1) is 0 Å². The summed E-state index contributed by atoms with van der Waals surface area (Å²) in [4.78, 5) is 22.0. The number of carbonyl (C=O) groups is 2. The maximum Gasteiger partial charge on any atom is 0.326 e. The molecule has 0 aliphatic heterocycles. The highest BCUT2D eigenvalue weighted by Gasteiger charge is 2.18. The molecule has 0 aromatic heterocycles. The van der Waals surface area contributed by atoms with E-state index in [0.717, 1.165) is 0 Å². The van der Waals surface area contributed by atoms with Crippen LogP contribution >= 0.6 is 11.8 Å². The Balaban J connectivity index is 3.93. The molecule has 0 saturated carbocycles. The Kier molecular flexibility index (Phi) is 8.12. The van der Waals surface area contributed by atoms with Crippen molar-refractivity contribution in [3.8, 4) is 0 Å². The minimum absolute atomic E-state index is 0.242. The molecule has 6 heteroatoms. The van der Waals surface area contributed by atoms with E-state index in [0.29, 0.717) is 31.6 Å². The van der Waals surface area contributed by atoms with E-state index < -0.39 is 12.0 Å². The molecule has 1 atom stereocenters. The Morgan fingerprint density at radius 2 is 2.20 bits per heavy atom. The summed E-state index contributed by atoms with van der Waals surface area (Å²) in [6, 6.07) is -0.775. The molecule has 0 aromatic rings. The van der Waals surface area contributed by atoms with E-state index in [1.165, 1.54) is 0 Å². The maximum atomic E-state index is 11.2. The third-order valence-electron chi connectivity index (χ3n) is 1.85. The quantitative estimate of drug-likeness (QED) is 0.552. The van der Waals surface area contributed by atoms with Gasteiger partial charge in [0.15, 0.2) is 0 Å². The van der Waals surface area contributed by atoms with Crippen LogP contribution in [0.1, 0.15) is 19.3 Å². The van der Waals surface area contributed by atoms with E-state index in [1.807, 2.05) is 6.26 Å². The molecule has 0 fully saturated rings. The Morgan fingerprint density at radius 3 is 2.67 bits per heavy atom. The van der Waals surface area contributed by atoms with Crippen LogP contribution in [0.25, 0.3) is 0 Å². The van der Waals surface area contributed by atoms with Crippen LogP contribution in [0.3, 0.4) is 0 Å². The SMILES string of the molecule is CSCC[C@H](NC(=O)CCCN)C(=O)O. The lowest BCUT2D eigenvalue weighted by atomic mass is 10.2. The number of carboxylic acid groups (broad SMARTS) is 1. The first-order valence-electron chi connectivity index (χ1n) is 4.83. The highest BCUT2D eigenvalue weighted by Crippen LogP contribution is 2.01. The summed E-state index contributed by atoms with van der Waals surface area (Å²) in [5, 5.41) is 11.3. The van der Waals surface area contributed by atoms with Crippen LogP contribution in [0.15, 0.2) is 0 Å². The summed E-state index contributed by atoms with van der Waals surface area (Å²) in [5.74, 6) is -0.507. The third kappa shape index (κ3) is 7.21. The van der Waals surface area contributed by atoms with Crippen LogP contribution in [0, 0.1) is 0 Å².